The van der Waals surface area contributed by atoms with Gasteiger partial charge in [-0.3, -0.25) is 4.98 Å². The Morgan fingerprint density at radius 1 is 1.19 bits per heavy atom. The van der Waals surface area contributed by atoms with Crippen molar-refractivity contribution in [2.45, 2.75) is 32.7 Å². The molecule has 0 saturated carbocycles. The van der Waals surface area contributed by atoms with E-state index in [-0.39, 0.29) is 0 Å². The molecular weight excluding hydrogens is 375 g/mol. The standard InChI is InChI=1S/C17H21IN2O/c1-3-11-19-15(4-2)16-10-9-13(12-20-16)21-17-8-6-5-7-14(17)18/h5-10,12,15,19H,3-4,11H2,1-2H3. The number of nitrogens with zero attached hydrogens (tertiary/aromatic N) is 1. The van der Waals surface area contributed by atoms with Crippen LogP contribution in [-0.4, -0.2) is 11.5 Å². The van der Waals surface area contributed by atoms with Gasteiger partial charge in [0.15, 0.2) is 0 Å². The summed E-state index contributed by atoms with van der Waals surface area (Å²) in [7, 11) is 0. The second-order valence-corrected chi connectivity index (χ2v) is 6.03. The van der Waals surface area contributed by atoms with Crippen LogP contribution in [0.1, 0.15) is 38.4 Å². The van der Waals surface area contributed by atoms with Crippen molar-refractivity contribution in [1.29, 1.82) is 0 Å². The van der Waals surface area contributed by atoms with Crippen molar-refractivity contribution in [2.75, 3.05) is 6.54 Å². The van der Waals surface area contributed by atoms with Crippen LogP contribution in [0.25, 0.3) is 0 Å². The Balaban J connectivity index is 2.06. The molecule has 1 N–H and O–H groups in total. The number of aromatic nitrogens is 1. The molecule has 1 aromatic carbocycles. The lowest BCUT2D eigenvalue weighted by Crippen LogP contribution is -2.22. The van der Waals surface area contributed by atoms with Crippen LogP contribution < -0.4 is 10.1 Å². The van der Waals surface area contributed by atoms with E-state index in [9.17, 15) is 0 Å². The SMILES string of the molecule is CCCNC(CC)c1ccc(Oc2ccccc2I)cn1. The second kappa shape index (κ2) is 8.34. The highest BCUT2D eigenvalue weighted by Gasteiger charge is 2.10. The zero-order valence-electron chi connectivity index (χ0n) is 12.5. The van der Waals surface area contributed by atoms with Gasteiger partial charge < -0.3 is 10.1 Å². The van der Waals surface area contributed by atoms with E-state index in [0.717, 1.165) is 40.1 Å². The van der Waals surface area contributed by atoms with Gasteiger partial charge in [0, 0.05) is 6.04 Å². The number of benzene rings is 1. The minimum Gasteiger partial charge on any atom is -0.455 e. The van der Waals surface area contributed by atoms with Crippen LogP contribution in [0.4, 0.5) is 0 Å². The van der Waals surface area contributed by atoms with Gasteiger partial charge in [0.2, 0.25) is 0 Å². The molecule has 0 fully saturated rings. The number of halogens is 1. The molecule has 0 saturated heterocycles. The number of rotatable bonds is 7. The van der Waals surface area contributed by atoms with Crippen molar-refractivity contribution < 1.29 is 4.74 Å². The number of ether oxygens (including phenoxy) is 1. The normalized spacial score (nSPS) is 12.1. The maximum Gasteiger partial charge on any atom is 0.145 e. The van der Waals surface area contributed by atoms with Crippen molar-refractivity contribution in [3.63, 3.8) is 0 Å². The summed E-state index contributed by atoms with van der Waals surface area (Å²) >= 11 is 2.27. The Morgan fingerprint density at radius 2 is 2.00 bits per heavy atom. The van der Waals surface area contributed by atoms with Crippen LogP contribution in [0.2, 0.25) is 0 Å². The fourth-order valence-electron chi connectivity index (χ4n) is 2.09. The lowest BCUT2D eigenvalue weighted by Gasteiger charge is -2.16. The molecule has 1 unspecified atom stereocenters. The third kappa shape index (κ3) is 4.68. The summed E-state index contributed by atoms with van der Waals surface area (Å²) in [6.45, 7) is 5.36. The highest BCUT2D eigenvalue weighted by atomic mass is 127. The van der Waals surface area contributed by atoms with Gasteiger partial charge in [-0.2, -0.15) is 0 Å². The van der Waals surface area contributed by atoms with Gasteiger partial charge in [-0.15, -0.1) is 0 Å². The first-order valence-electron chi connectivity index (χ1n) is 7.36. The molecule has 0 aliphatic carbocycles. The van der Waals surface area contributed by atoms with Crippen molar-refractivity contribution in [2.24, 2.45) is 0 Å². The van der Waals surface area contributed by atoms with E-state index >= 15 is 0 Å². The fourth-order valence-corrected chi connectivity index (χ4v) is 2.59. The molecule has 1 aromatic heterocycles. The zero-order valence-corrected chi connectivity index (χ0v) is 14.6. The third-order valence-electron chi connectivity index (χ3n) is 3.23. The minimum absolute atomic E-state index is 0.316. The van der Waals surface area contributed by atoms with Crippen LogP contribution in [-0.2, 0) is 0 Å². The molecule has 2 aromatic rings. The van der Waals surface area contributed by atoms with E-state index in [1.165, 1.54) is 0 Å². The molecule has 0 spiro atoms. The van der Waals surface area contributed by atoms with Gasteiger partial charge in [0.1, 0.15) is 11.5 Å². The molecule has 0 amide bonds. The van der Waals surface area contributed by atoms with Crippen molar-refractivity contribution in [1.82, 2.24) is 10.3 Å². The number of pyridine rings is 1. The average Bonchev–Trinajstić information content (AvgIpc) is 2.52. The lowest BCUT2D eigenvalue weighted by molar-refractivity contribution is 0.471. The molecule has 21 heavy (non-hydrogen) atoms. The Labute approximate surface area is 140 Å². The largest absolute Gasteiger partial charge is 0.455 e. The lowest BCUT2D eigenvalue weighted by atomic mass is 10.1. The Bertz CT molecular complexity index is 557. The van der Waals surface area contributed by atoms with Gasteiger partial charge in [0.05, 0.1) is 15.5 Å². The highest BCUT2D eigenvalue weighted by molar-refractivity contribution is 14.1. The first kappa shape index (κ1) is 16.2. The Kier molecular flexibility index (Phi) is 6.45. The molecule has 3 nitrogen and oxygen atoms in total. The number of para-hydroxylation sites is 1. The van der Waals surface area contributed by atoms with Gasteiger partial charge in [-0.05, 0) is 66.2 Å². The molecule has 0 radical (unpaired) electrons. The molecule has 4 heteroatoms. The number of hydrogen-bond donors (Lipinski definition) is 1. The van der Waals surface area contributed by atoms with Gasteiger partial charge in [-0.1, -0.05) is 26.0 Å². The van der Waals surface area contributed by atoms with Gasteiger partial charge in [0.25, 0.3) is 0 Å². The first-order chi connectivity index (χ1) is 10.2. The van der Waals surface area contributed by atoms with Crippen molar-refractivity contribution >= 4 is 22.6 Å². The van der Waals surface area contributed by atoms with E-state index in [1.807, 2.05) is 36.4 Å². The van der Waals surface area contributed by atoms with Crippen LogP contribution in [0.5, 0.6) is 11.5 Å². The summed E-state index contributed by atoms with van der Waals surface area (Å²) in [4.78, 5) is 4.54. The van der Waals surface area contributed by atoms with Crippen LogP contribution in [0.3, 0.4) is 0 Å². The second-order valence-electron chi connectivity index (χ2n) is 4.87. The predicted octanol–water partition coefficient (Wildman–Crippen LogP) is 4.93. The maximum atomic E-state index is 5.87. The maximum absolute atomic E-state index is 5.87. The zero-order chi connectivity index (χ0) is 15.1. The Morgan fingerprint density at radius 3 is 2.62 bits per heavy atom. The van der Waals surface area contributed by atoms with Crippen molar-refractivity contribution in [3.05, 3.63) is 51.9 Å². The highest BCUT2D eigenvalue weighted by Crippen LogP contribution is 2.26. The number of hydrogen-bond acceptors (Lipinski definition) is 3. The molecule has 112 valence electrons. The fraction of sp³-hybridized carbons (Fsp3) is 0.353. The van der Waals surface area contributed by atoms with Crippen LogP contribution in [0, 0.1) is 3.57 Å². The molecule has 2 rings (SSSR count). The third-order valence-corrected chi connectivity index (χ3v) is 4.12. The summed E-state index contributed by atoms with van der Waals surface area (Å²) in [5.41, 5.74) is 1.07. The topological polar surface area (TPSA) is 34.1 Å². The van der Waals surface area contributed by atoms with Crippen molar-refractivity contribution in [3.8, 4) is 11.5 Å². The van der Waals surface area contributed by atoms with Crippen LogP contribution in [0.15, 0.2) is 42.6 Å². The molecule has 0 bridgehead atoms. The van der Waals surface area contributed by atoms with E-state index in [1.54, 1.807) is 6.20 Å². The van der Waals surface area contributed by atoms with E-state index in [0.29, 0.717) is 6.04 Å². The summed E-state index contributed by atoms with van der Waals surface area (Å²) in [6, 6.07) is 12.3. The molecule has 1 atom stereocenters. The molecular formula is C17H21IN2O. The predicted molar refractivity (Wildman–Crippen MR) is 94.8 cm³/mol. The molecule has 0 aliphatic heterocycles. The van der Waals surface area contributed by atoms with E-state index in [2.05, 4.69) is 46.7 Å². The average molecular weight is 396 g/mol. The van der Waals surface area contributed by atoms with Crippen LogP contribution >= 0.6 is 22.6 Å². The van der Waals surface area contributed by atoms with Gasteiger partial charge in [-0.25, -0.2) is 0 Å². The van der Waals surface area contributed by atoms with Gasteiger partial charge >= 0.3 is 0 Å². The summed E-state index contributed by atoms with van der Waals surface area (Å²) < 4.78 is 6.96. The van der Waals surface area contributed by atoms with E-state index in [4.69, 9.17) is 4.74 Å². The monoisotopic (exact) mass is 396 g/mol. The summed E-state index contributed by atoms with van der Waals surface area (Å²) in [6.07, 6.45) is 3.96. The number of nitrogens with one attached hydrogen (secondary N) is 1. The Hall–Kier alpha value is -1.14. The van der Waals surface area contributed by atoms with E-state index < -0.39 is 0 Å². The smallest absolute Gasteiger partial charge is 0.145 e. The summed E-state index contributed by atoms with van der Waals surface area (Å²) in [5.74, 6) is 1.64. The minimum atomic E-state index is 0.316. The quantitative estimate of drug-likeness (QED) is 0.674. The summed E-state index contributed by atoms with van der Waals surface area (Å²) in [5, 5.41) is 3.51. The molecule has 0 aliphatic rings. The molecule has 1 heterocycles. The first-order valence-corrected chi connectivity index (χ1v) is 8.44.